The second-order valence-electron chi connectivity index (χ2n) is 4.15. The van der Waals surface area contributed by atoms with Gasteiger partial charge in [-0.05, 0) is 61.9 Å². The summed E-state index contributed by atoms with van der Waals surface area (Å²) in [5, 5.41) is 0. The van der Waals surface area contributed by atoms with E-state index in [1.807, 2.05) is 0 Å². The summed E-state index contributed by atoms with van der Waals surface area (Å²) in [7, 11) is 1.69. The van der Waals surface area contributed by atoms with Gasteiger partial charge >= 0.3 is 0 Å². The van der Waals surface area contributed by atoms with Gasteiger partial charge in [-0.15, -0.1) is 0 Å². The van der Waals surface area contributed by atoms with Gasteiger partial charge in [-0.3, -0.25) is 0 Å². The number of hydrogen-bond donors (Lipinski definition) is 0. The van der Waals surface area contributed by atoms with E-state index in [2.05, 4.69) is 26.0 Å². The van der Waals surface area contributed by atoms with Crippen LogP contribution in [0.1, 0.15) is 36.0 Å². The van der Waals surface area contributed by atoms with E-state index in [-0.39, 0.29) is 0 Å². The first-order valence-corrected chi connectivity index (χ1v) is 5.76. The summed E-state index contributed by atoms with van der Waals surface area (Å²) in [6.45, 7) is 4.23. The minimum absolute atomic E-state index is 0.675. The van der Waals surface area contributed by atoms with Crippen molar-refractivity contribution in [2.75, 3.05) is 7.11 Å². The normalized spacial score (nSPS) is 10.2. The minimum atomic E-state index is 0.675. The van der Waals surface area contributed by atoms with E-state index in [1.165, 1.54) is 16.7 Å². The largest absolute Gasteiger partial charge is 0.497 e. The van der Waals surface area contributed by atoms with Crippen molar-refractivity contribution < 1.29 is 9.53 Å². The molecule has 0 bridgehead atoms. The maximum absolute atomic E-state index is 10.2. The first kappa shape index (κ1) is 12.8. The van der Waals surface area contributed by atoms with Crippen LogP contribution >= 0.6 is 0 Å². The molecule has 16 heavy (non-hydrogen) atoms. The molecule has 0 saturated carbocycles. The Morgan fingerprint density at radius 1 is 1.19 bits per heavy atom. The SMILES string of the molecule is COc1cc(C)c(CCCCC=O)c(C)c1. The van der Waals surface area contributed by atoms with Crippen LogP contribution in [0.3, 0.4) is 0 Å². The molecule has 0 fully saturated rings. The average Bonchev–Trinajstić information content (AvgIpc) is 2.26. The summed E-state index contributed by atoms with van der Waals surface area (Å²) < 4.78 is 5.23. The molecular weight excluding hydrogens is 200 g/mol. The third-order valence-corrected chi connectivity index (χ3v) is 2.90. The Bertz CT molecular complexity index is 333. The molecule has 0 aliphatic rings. The van der Waals surface area contributed by atoms with Gasteiger partial charge in [0.1, 0.15) is 12.0 Å². The molecule has 0 aromatic heterocycles. The highest BCUT2D eigenvalue weighted by Crippen LogP contribution is 2.23. The summed E-state index contributed by atoms with van der Waals surface area (Å²) >= 11 is 0. The van der Waals surface area contributed by atoms with Gasteiger partial charge in [0.25, 0.3) is 0 Å². The van der Waals surface area contributed by atoms with E-state index in [0.29, 0.717) is 6.42 Å². The van der Waals surface area contributed by atoms with Crippen LogP contribution in [0.4, 0.5) is 0 Å². The van der Waals surface area contributed by atoms with Crippen molar-refractivity contribution >= 4 is 6.29 Å². The molecule has 1 rings (SSSR count). The van der Waals surface area contributed by atoms with Gasteiger partial charge in [0.15, 0.2) is 0 Å². The Morgan fingerprint density at radius 3 is 2.31 bits per heavy atom. The Labute approximate surface area is 97.6 Å². The van der Waals surface area contributed by atoms with Crippen molar-refractivity contribution in [3.05, 3.63) is 28.8 Å². The van der Waals surface area contributed by atoms with Crippen molar-refractivity contribution in [2.24, 2.45) is 0 Å². The first-order chi connectivity index (χ1) is 7.69. The van der Waals surface area contributed by atoms with Gasteiger partial charge in [0.2, 0.25) is 0 Å². The molecule has 2 nitrogen and oxygen atoms in total. The van der Waals surface area contributed by atoms with Gasteiger partial charge in [-0.1, -0.05) is 0 Å². The lowest BCUT2D eigenvalue weighted by atomic mass is 9.97. The van der Waals surface area contributed by atoms with E-state index in [4.69, 9.17) is 4.74 Å². The number of benzene rings is 1. The number of carbonyl (C=O) groups is 1. The number of rotatable bonds is 6. The molecule has 1 aromatic carbocycles. The molecule has 0 aliphatic heterocycles. The number of hydrogen-bond acceptors (Lipinski definition) is 2. The maximum atomic E-state index is 10.2. The van der Waals surface area contributed by atoms with Crippen molar-refractivity contribution in [3.8, 4) is 5.75 Å². The molecule has 2 heteroatoms. The van der Waals surface area contributed by atoms with Crippen molar-refractivity contribution in [3.63, 3.8) is 0 Å². The van der Waals surface area contributed by atoms with E-state index in [1.54, 1.807) is 7.11 Å². The molecule has 0 atom stereocenters. The van der Waals surface area contributed by atoms with E-state index < -0.39 is 0 Å². The predicted octanol–water partition coefficient (Wildman–Crippen LogP) is 3.22. The summed E-state index contributed by atoms with van der Waals surface area (Å²) in [5.74, 6) is 0.923. The zero-order valence-electron chi connectivity index (χ0n) is 10.4. The third-order valence-electron chi connectivity index (χ3n) is 2.90. The Morgan fingerprint density at radius 2 is 1.81 bits per heavy atom. The molecule has 1 aromatic rings. The molecule has 0 heterocycles. The summed E-state index contributed by atoms with van der Waals surface area (Å²) in [4.78, 5) is 10.2. The maximum Gasteiger partial charge on any atom is 0.119 e. The van der Waals surface area contributed by atoms with E-state index in [9.17, 15) is 4.79 Å². The molecule has 0 unspecified atom stereocenters. The van der Waals surface area contributed by atoms with E-state index >= 15 is 0 Å². The number of carbonyl (C=O) groups excluding carboxylic acids is 1. The van der Waals surface area contributed by atoms with Crippen molar-refractivity contribution in [1.29, 1.82) is 0 Å². The van der Waals surface area contributed by atoms with Crippen molar-refractivity contribution in [1.82, 2.24) is 0 Å². The van der Waals surface area contributed by atoms with Crippen LogP contribution in [0.25, 0.3) is 0 Å². The quantitative estimate of drug-likeness (QED) is 0.543. The zero-order valence-corrected chi connectivity index (χ0v) is 10.4. The fraction of sp³-hybridized carbons (Fsp3) is 0.500. The lowest BCUT2D eigenvalue weighted by Crippen LogP contribution is -1.96. The second-order valence-corrected chi connectivity index (χ2v) is 4.15. The first-order valence-electron chi connectivity index (χ1n) is 5.76. The summed E-state index contributed by atoms with van der Waals surface area (Å²) in [6.07, 6.45) is 4.78. The molecule has 0 N–H and O–H groups in total. The van der Waals surface area contributed by atoms with Crippen LogP contribution in [0.5, 0.6) is 5.75 Å². The van der Waals surface area contributed by atoms with Crippen LogP contribution in [0.15, 0.2) is 12.1 Å². The highest BCUT2D eigenvalue weighted by molar-refractivity contribution is 5.49. The van der Waals surface area contributed by atoms with Gasteiger partial charge in [-0.25, -0.2) is 0 Å². The number of ether oxygens (including phenoxy) is 1. The fourth-order valence-electron chi connectivity index (χ4n) is 2.00. The zero-order chi connectivity index (χ0) is 12.0. The Kier molecular flexibility index (Phi) is 5.03. The van der Waals surface area contributed by atoms with Gasteiger partial charge in [0, 0.05) is 6.42 Å². The van der Waals surface area contributed by atoms with Crippen molar-refractivity contribution in [2.45, 2.75) is 39.5 Å². The number of methoxy groups -OCH3 is 1. The fourth-order valence-corrected chi connectivity index (χ4v) is 2.00. The van der Waals surface area contributed by atoms with Crippen LogP contribution in [0, 0.1) is 13.8 Å². The molecule has 0 spiro atoms. The molecule has 88 valence electrons. The van der Waals surface area contributed by atoms with Gasteiger partial charge < -0.3 is 9.53 Å². The van der Waals surface area contributed by atoms with E-state index in [0.717, 1.165) is 31.3 Å². The Balaban J connectivity index is 2.68. The third kappa shape index (κ3) is 3.37. The predicted molar refractivity (Wildman–Crippen MR) is 66.1 cm³/mol. The lowest BCUT2D eigenvalue weighted by Gasteiger charge is -2.11. The molecule has 0 amide bonds. The van der Waals surface area contributed by atoms with Crippen LogP contribution in [0.2, 0.25) is 0 Å². The Hall–Kier alpha value is -1.31. The molecule has 0 aliphatic carbocycles. The highest BCUT2D eigenvalue weighted by Gasteiger charge is 2.05. The molecule has 0 saturated heterocycles. The lowest BCUT2D eigenvalue weighted by molar-refractivity contribution is -0.107. The average molecular weight is 220 g/mol. The van der Waals surface area contributed by atoms with Crippen LogP contribution in [-0.2, 0) is 11.2 Å². The highest BCUT2D eigenvalue weighted by atomic mass is 16.5. The number of unbranched alkanes of at least 4 members (excludes halogenated alkanes) is 2. The minimum Gasteiger partial charge on any atom is -0.497 e. The second kappa shape index (κ2) is 6.31. The summed E-state index contributed by atoms with van der Waals surface area (Å²) in [5.41, 5.74) is 3.96. The summed E-state index contributed by atoms with van der Waals surface area (Å²) in [6, 6.07) is 4.14. The number of aryl methyl sites for hydroxylation is 2. The van der Waals surface area contributed by atoms with Gasteiger partial charge in [0.05, 0.1) is 7.11 Å². The topological polar surface area (TPSA) is 26.3 Å². The standard InChI is InChI=1S/C14H20O2/c1-11-9-13(16-3)10-12(2)14(11)7-5-4-6-8-15/h8-10H,4-7H2,1-3H3. The monoisotopic (exact) mass is 220 g/mol. The molecular formula is C14H20O2. The smallest absolute Gasteiger partial charge is 0.119 e. The van der Waals surface area contributed by atoms with Gasteiger partial charge in [-0.2, -0.15) is 0 Å². The van der Waals surface area contributed by atoms with Crippen LogP contribution in [-0.4, -0.2) is 13.4 Å². The molecule has 0 radical (unpaired) electrons. The number of aldehydes is 1. The van der Waals surface area contributed by atoms with Crippen LogP contribution < -0.4 is 4.74 Å².